The van der Waals surface area contributed by atoms with Crippen LogP contribution in [0.15, 0.2) is 0 Å². The Bertz CT molecular complexity index is 252. The number of rotatable bonds is 3. The van der Waals surface area contributed by atoms with Crippen LogP contribution in [0.3, 0.4) is 0 Å². The largest absolute Gasteiger partial charge is 1.00 e. The van der Waals surface area contributed by atoms with Gasteiger partial charge in [0.1, 0.15) is 0 Å². The Kier molecular flexibility index (Phi) is 11.1. The van der Waals surface area contributed by atoms with E-state index in [0.717, 1.165) is 0 Å². The Morgan fingerprint density at radius 3 is 2.14 bits per heavy atom. The summed E-state index contributed by atoms with van der Waals surface area (Å²) in [5, 5.41) is 8.26. The van der Waals surface area contributed by atoms with Gasteiger partial charge in [-0.2, -0.15) is 0 Å². The predicted octanol–water partition coefficient (Wildman–Crippen LogP) is -7.69. The van der Waals surface area contributed by atoms with Gasteiger partial charge in [0.05, 0.1) is 14.4 Å². The molecule has 1 N–H and O–H groups in total. The van der Waals surface area contributed by atoms with Crippen molar-refractivity contribution in [3.63, 3.8) is 0 Å². The van der Waals surface area contributed by atoms with Crippen LogP contribution < -0.4 is 113 Å². The molecular weight excluding hydrogens is 292 g/mol. The number of aliphatic hydroxyl groups is 1. The molecule has 1 rings (SSSR count). The minimum absolute atomic E-state index is 0. The van der Waals surface area contributed by atoms with Crippen LogP contribution in [0.25, 0.3) is 0 Å². The van der Waals surface area contributed by atoms with Gasteiger partial charge in [-0.1, -0.05) is 0 Å². The second-order valence-corrected chi connectivity index (χ2v) is 4.66. The molecule has 0 unspecified atom stereocenters. The van der Waals surface area contributed by atoms with Crippen LogP contribution in [0.2, 0.25) is 0 Å². The Morgan fingerprint density at radius 1 is 1.43 bits per heavy atom. The van der Waals surface area contributed by atoms with Gasteiger partial charge >= 0.3 is 111 Å². The molecule has 0 aromatic carbocycles. The fraction of sp³-hybridized carbons (Fsp3) is 1.00. The fourth-order valence-corrected chi connectivity index (χ4v) is 2.54. The van der Waals surface area contributed by atoms with E-state index in [-0.39, 0.29) is 103 Å². The summed E-state index contributed by atoms with van der Waals surface area (Å²) in [7, 11) is -9.62. The van der Waals surface area contributed by atoms with E-state index in [1.165, 1.54) is 0 Å². The minimum Gasteiger partial charge on any atom is -0.789 e. The average Bonchev–Trinajstić information content (AvgIpc) is 1.78. The Morgan fingerprint density at radius 2 is 1.86 bits per heavy atom. The molecule has 8 nitrogen and oxygen atoms in total. The zero-order valence-electron chi connectivity index (χ0n) is 7.48. The second kappa shape index (κ2) is 7.82. The fourth-order valence-electron chi connectivity index (χ4n) is 0.524. The van der Waals surface area contributed by atoms with Gasteiger partial charge < -0.3 is 19.5 Å². The third-order valence-corrected chi connectivity index (χ3v) is 3.43. The molecule has 14 heavy (non-hydrogen) atoms. The van der Waals surface area contributed by atoms with Crippen molar-refractivity contribution in [1.29, 1.82) is 0 Å². The average molecular weight is 296 g/mol. The van der Waals surface area contributed by atoms with Crippen molar-refractivity contribution in [1.82, 2.24) is 0 Å². The zero-order valence-corrected chi connectivity index (χ0v) is 15.5. The zero-order chi connectivity index (χ0) is 9.41. The van der Waals surface area contributed by atoms with E-state index in [9.17, 15) is 18.9 Å². The molecule has 12 heteroatoms. The molecule has 1 heterocycles. The van der Waals surface area contributed by atoms with E-state index in [1.807, 2.05) is 0 Å². The summed E-state index contributed by atoms with van der Waals surface area (Å²) < 4.78 is 32.3. The summed E-state index contributed by atoms with van der Waals surface area (Å²) in [5.74, 6) is 0. The summed E-state index contributed by atoms with van der Waals surface area (Å²) in [6.45, 7) is -0.602. The van der Waals surface area contributed by atoms with Crippen molar-refractivity contribution < 1.29 is 140 Å². The molecule has 1 fully saturated rings. The van der Waals surface area contributed by atoms with Crippen LogP contribution in [0.1, 0.15) is 0 Å². The molecule has 0 aliphatic carbocycles. The van der Waals surface area contributed by atoms with Crippen molar-refractivity contribution in [2.24, 2.45) is 0 Å². The summed E-state index contributed by atoms with van der Waals surface area (Å²) in [5.41, 5.74) is 0. The molecule has 1 saturated heterocycles. The van der Waals surface area contributed by atoms with Gasteiger partial charge in [-0.3, -0.25) is 13.4 Å². The first-order valence-corrected chi connectivity index (χ1v) is 5.58. The number of aliphatic hydroxyl groups excluding tert-OH is 1. The first-order chi connectivity index (χ1) is 5.35. The summed E-state index contributed by atoms with van der Waals surface area (Å²) in [6.07, 6.45) is -1.19. The third-order valence-electron chi connectivity index (χ3n) is 0.842. The van der Waals surface area contributed by atoms with E-state index in [0.29, 0.717) is 0 Å². The Balaban J connectivity index is 0. The van der Waals surface area contributed by atoms with Crippen LogP contribution >= 0.6 is 15.6 Å². The quantitative estimate of drug-likeness (QED) is 0.402. The van der Waals surface area contributed by atoms with E-state index >= 15 is 0 Å². The molecule has 0 radical (unpaired) electrons. The monoisotopic (exact) mass is 296 g/mol. The summed E-state index contributed by atoms with van der Waals surface area (Å²) >= 11 is 0. The van der Waals surface area contributed by atoms with Gasteiger partial charge in [0.2, 0.25) is 6.29 Å². The molecule has 0 aromatic heterocycles. The van der Waals surface area contributed by atoms with Gasteiger partial charge in [0, 0.05) is 0 Å². The van der Waals surface area contributed by atoms with E-state index in [1.54, 1.807) is 0 Å². The molecule has 1 aliphatic rings. The van der Waals surface area contributed by atoms with Gasteiger partial charge in [-0.15, -0.1) is 0 Å². The van der Waals surface area contributed by atoms with Crippen molar-refractivity contribution in [3.8, 4) is 0 Å². The second-order valence-electron chi connectivity index (χ2n) is 1.80. The maximum Gasteiger partial charge on any atom is 1.00 e. The Hall–Kier alpha value is 3.49. The predicted molar refractivity (Wildman–Crippen MR) is 29.3 cm³/mol. The maximum absolute atomic E-state index is 10.7. The summed E-state index contributed by atoms with van der Waals surface area (Å²) in [4.78, 5) is 19.8. The third kappa shape index (κ3) is 7.04. The van der Waals surface area contributed by atoms with Crippen molar-refractivity contribution in [2.75, 3.05) is 6.61 Å². The normalized spacial score (nSPS) is 30.9. The van der Waals surface area contributed by atoms with Crippen LogP contribution in [-0.2, 0) is 22.5 Å². The number of phosphoric ester groups is 1. The molecule has 0 aromatic rings. The number of hydrogen-bond donors (Lipinski definition) is 1. The molecule has 0 bridgehead atoms. The van der Waals surface area contributed by atoms with Gasteiger partial charge in [-0.25, -0.2) is 4.57 Å². The number of hydrogen-bond acceptors (Lipinski definition) is 8. The minimum atomic E-state index is -5.38. The van der Waals surface area contributed by atoms with Crippen molar-refractivity contribution >= 4 is 15.6 Å². The van der Waals surface area contributed by atoms with Gasteiger partial charge in [-0.05, 0) is 0 Å². The van der Waals surface area contributed by atoms with Crippen LogP contribution in [0, 0.1) is 0 Å². The molecule has 0 atom stereocenters. The van der Waals surface area contributed by atoms with Crippen molar-refractivity contribution in [3.05, 3.63) is 0 Å². The Labute approximate surface area is 165 Å². The standard InChI is InChI=1S/C2H6O8P2.2K/c3-1-2-8-12(7,9-2)10-11(4,5)6;;/h2-3H,1H2,(H2,4,5,6);;/q;2*+1/p-2. The van der Waals surface area contributed by atoms with Crippen molar-refractivity contribution in [2.45, 2.75) is 6.29 Å². The first kappa shape index (κ1) is 19.8. The molecule has 0 amide bonds. The SMILES string of the molecule is O=P([O-])([O-])OP1(=O)OC(CO)O1.[K+].[K+]. The van der Waals surface area contributed by atoms with E-state index in [4.69, 9.17) is 5.11 Å². The van der Waals surface area contributed by atoms with Crippen LogP contribution in [-0.4, -0.2) is 18.0 Å². The van der Waals surface area contributed by atoms with Gasteiger partial charge in [0.25, 0.3) is 0 Å². The van der Waals surface area contributed by atoms with E-state index < -0.39 is 28.5 Å². The van der Waals surface area contributed by atoms with Crippen LogP contribution in [0.4, 0.5) is 0 Å². The first-order valence-electron chi connectivity index (χ1n) is 2.66. The van der Waals surface area contributed by atoms with Gasteiger partial charge in [0.15, 0.2) is 0 Å². The maximum atomic E-state index is 10.7. The molecule has 1 aliphatic heterocycles. The van der Waals surface area contributed by atoms with Crippen LogP contribution in [0.5, 0.6) is 0 Å². The molecular formula is C2H4K2O8P2. The smallest absolute Gasteiger partial charge is 0.789 e. The topological polar surface area (TPSA) is 128 Å². The number of phosphoric acid groups is 2. The molecule has 0 saturated carbocycles. The molecule has 72 valence electrons. The summed E-state index contributed by atoms with van der Waals surface area (Å²) in [6, 6.07) is 0. The van der Waals surface area contributed by atoms with E-state index in [2.05, 4.69) is 13.4 Å². The molecule has 0 spiro atoms.